The molecule has 0 saturated carbocycles. The summed E-state index contributed by atoms with van der Waals surface area (Å²) in [6, 6.07) is 4.45. The Morgan fingerprint density at radius 2 is 2.00 bits per heavy atom. The van der Waals surface area contributed by atoms with Gasteiger partial charge in [0, 0.05) is 25.8 Å². The lowest BCUT2D eigenvalue weighted by Gasteiger charge is -2.28. The van der Waals surface area contributed by atoms with E-state index in [1.165, 1.54) is 23.5 Å². The highest BCUT2D eigenvalue weighted by atomic mass is 32.2. The SMILES string of the molecule is CCC(C)N(CCOC)S(=O)(=O)c1ccc(OC)cc1N. The van der Waals surface area contributed by atoms with Crippen molar-refractivity contribution in [2.24, 2.45) is 0 Å². The molecule has 1 rings (SSSR count). The zero-order valence-electron chi connectivity index (χ0n) is 13.0. The summed E-state index contributed by atoms with van der Waals surface area (Å²) in [7, 11) is -0.616. The van der Waals surface area contributed by atoms with Crippen LogP contribution >= 0.6 is 0 Å². The summed E-state index contributed by atoms with van der Waals surface area (Å²) in [5.74, 6) is 0.526. The third kappa shape index (κ3) is 4.09. The largest absolute Gasteiger partial charge is 0.497 e. The van der Waals surface area contributed by atoms with E-state index >= 15 is 0 Å². The fourth-order valence-electron chi connectivity index (χ4n) is 1.98. The third-order valence-corrected chi connectivity index (χ3v) is 5.49. The fourth-order valence-corrected chi connectivity index (χ4v) is 3.76. The Morgan fingerprint density at radius 1 is 1.33 bits per heavy atom. The predicted molar refractivity (Wildman–Crippen MR) is 82.9 cm³/mol. The van der Waals surface area contributed by atoms with E-state index in [9.17, 15) is 8.42 Å². The molecule has 1 aromatic rings. The number of anilines is 1. The van der Waals surface area contributed by atoms with Gasteiger partial charge in [0.1, 0.15) is 10.6 Å². The highest BCUT2D eigenvalue weighted by Crippen LogP contribution is 2.27. The lowest BCUT2D eigenvalue weighted by Crippen LogP contribution is -2.40. The Kier molecular flexibility index (Phi) is 6.44. The van der Waals surface area contributed by atoms with E-state index in [1.807, 2.05) is 13.8 Å². The predicted octanol–water partition coefficient (Wildman–Crippen LogP) is 1.71. The van der Waals surface area contributed by atoms with Gasteiger partial charge in [-0.05, 0) is 25.5 Å². The van der Waals surface area contributed by atoms with Gasteiger partial charge in [-0.2, -0.15) is 4.31 Å². The number of sulfonamides is 1. The van der Waals surface area contributed by atoms with Gasteiger partial charge in [-0.25, -0.2) is 8.42 Å². The van der Waals surface area contributed by atoms with Gasteiger partial charge in [0.25, 0.3) is 0 Å². The molecule has 1 unspecified atom stereocenters. The molecule has 0 radical (unpaired) electrons. The van der Waals surface area contributed by atoms with E-state index < -0.39 is 10.0 Å². The average Bonchev–Trinajstić information content (AvgIpc) is 2.46. The minimum atomic E-state index is -3.67. The van der Waals surface area contributed by atoms with Gasteiger partial charge in [-0.3, -0.25) is 0 Å². The van der Waals surface area contributed by atoms with E-state index in [4.69, 9.17) is 15.2 Å². The van der Waals surface area contributed by atoms with Crippen molar-refractivity contribution < 1.29 is 17.9 Å². The Hall–Kier alpha value is -1.31. The number of nitrogens with two attached hydrogens (primary N) is 1. The highest BCUT2D eigenvalue weighted by molar-refractivity contribution is 7.89. The lowest BCUT2D eigenvalue weighted by molar-refractivity contribution is 0.167. The molecule has 0 aliphatic heterocycles. The van der Waals surface area contributed by atoms with E-state index in [0.717, 1.165) is 0 Å². The van der Waals surface area contributed by atoms with Crippen LogP contribution in [0.25, 0.3) is 0 Å². The van der Waals surface area contributed by atoms with Crippen molar-refractivity contribution in [3.63, 3.8) is 0 Å². The summed E-state index contributed by atoms with van der Waals surface area (Å²) in [5.41, 5.74) is 6.05. The summed E-state index contributed by atoms with van der Waals surface area (Å²) < 4.78 is 37.1. The molecule has 0 saturated heterocycles. The van der Waals surface area contributed by atoms with Crippen molar-refractivity contribution in [1.82, 2.24) is 4.31 Å². The molecule has 0 amide bonds. The van der Waals surface area contributed by atoms with Crippen molar-refractivity contribution in [2.75, 3.05) is 33.1 Å². The van der Waals surface area contributed by atoms with Crippen LogP contribution in [-0.4, -0.2) is 46.1 Å². The van der Waals surface area contributed by atoms with Gasteiger partial charge in [0.2, 0.25) is 10.0 Å². The summed E-state index contributed by atoms with van der Waals surface area (Å²) in [4.78, 5) is 0.0969. The minimum absolute atomic E-state index is 0.0969. The first kappa shape index (κ1) is 17.7. The number of benzene rings is 1. The maximum absolute atomic E-state index is 12.8. The Labute approximate surface area is 126 Å². The molecule has 0 spiro atoms. The van der Waals surface area contributed by atoms with Crippen LogP contribution in [0.4, 0.5) is 5.69 Å². The Balaban J connectivity index is 3.21. The molecule has 120 valence electrons. The molecule has 6 nitrogen and oxygen atoms in total. The third-order valence-electron chi connectivity index (χ3n) is 3.40. The van der Waals surface area contributed by atoms with Gasteiger partial charge in [0.05, 0.1) is 19.4 Å². The Bertz CT molecular complexity index is 560. The topological polar surface area (TPSA) is 81.9 Å². The zero-order valence-corrected chi connectivity index (χ0v) is 13.8. The van der Waals surface area contributed by atoms with E-state index in [1.54, 1.807) is 13.2 Å². The van der Waals surface area contributed by atoms with Crippen LogP contribution in [0.2, 0.25) is 0 Å². The summed E-state index contributed by atoms with van der Waals surface area (Å²) >= 11 is 0. The molecule has 0 bridgehead atoms. The van der Waals surface area contributed by atoms with Gasteiger partial charge in [0.15, 0.2) is 0 Å². The molecule has 1 atom stereocenters. The molecule has 7 heteroatoms. The highest BCUT2D eigenvalue weighted by Gasteiger charge is 2.29. The minimum Gasteiger partial charge on any atom is -0.497 e. The van der Waals surface area contributed by atoms with Gasteiger partial charge in [-0.1, -0.05) is 6.92 Å². The van der Waals surface area contributed by atoms with Crippen molar-refractivity contribution in [2.45, 2.75) is 31.2 Å². The monoisotopic (exact) mass is 316 g/mol. The first-order valence-corrected chi connectivity index (χ1v) is 8.26. The van der Waals surface area contributed by atoms with Crippen LogP contribution in [0.1, 0.15) is 20.3 Å². The molecule has 0 aromatic heterocycles. The molecule has 0 heterocycles. The normalized spacial score (nSPS) is 13.4. The first-order chi connectivity index (χ1) is 9.88. The molecule has 1 aromatic carbocycles. The van der Waals surface area contributed by atoms with E-state index in [-0.39, 0.29) is 16.6 Å². The van der Waals surface area contributed by atoms with Crippen molar-refractivity contribution in [3.05, 3.63) is 18.2 Å². The number of ether oxygens (including phenoxy) is 2. The van der Waals surface area contributed by atoms with Crippen molar-refractivity contribution in [1.29, 1.82) is 0 Å². The van der Waals surface area contributed by atoms with E-state index in [2.05, 4.69) is 0 Å². The number of hydrogen-bond acceptors (Lipinski definition) is 5. The second-order valence-electron chi connectivity index (χ2n) is 4.77. The molecule has 0 aliphatic rings. The van der Waals surface area contributed by atoms with Crippen LogP contribution in [0.3, 0.4) is 0 Å². The summed E-state index contributed by atoms with van der Waals surface area (Å²) in [5, 5.41) is 0. The maximum atomic E-state index is 12.8. The van der Waals surface area contributed by atoms with Crippen LogP contribution in [-0.2, 0) is 14.8 Å². The number of rotatable bonds is 8. The fraction of sp³-hybridized carbons (Fsp3) is 0.571. The molecule has 0 fully saturated rings. The van der Waals surface area contributed by atoms with Gasteiger partial charge >= 0.3 is 0 Å². The lowest BCUT2D eigenvalue weighted by atomic mass is 10.3. The molecule has 0 aliphatic carbocycles. The van der Waals surface area contributed by atoms with Crippen LogP contribution < -0.4 is 10.5 Å². The Morgan fingerprint density at radius 3 is 2.48 bits per heavy atom. The number of nitrogen functional groups attached to an aromatic ring is 1. The van der Waals surface area contributed by atoms with Crippen LogP contribution in [0, 0.1) is 0 Å². The second-order valence-corrected chi connectivity index (χ2v) is 6.63. The van der Waals surface area contributed by atoms with Crippen LogP contribution in [0.5, 0.6) is 5.75 Å². The zero-order chi connectivity index (χ0) is 16.0. The smallest absolute Gasteiger partial charge is 0.245 e. The van der Waals surface area contributed by atoms with Crippen molar-refractivity contribution in [3.8, 4) is 5.75 Å². The quantitative estimate of drug-likeness (QED) is 0.738. The summed E-state index contributed by atoms with van der Waals surface area (Å²) in [6.45, 7) is 4.43. The molecular formula is C14H24N2O4S. The molecule has 2 N–H and O–H groups in total. The standard InChI is InChI=1S/C14H24N2O4S/c1-5-11(2)16(8-9-19-3)21(17,18)14-7-6-12(20-4)10-13(14)15/h6-7,10-11H,5,8-9,15H2,1-4H3. The van der Waals surface area contributed by atoms with E-state index in [0.29, 0.717) is 25.3 Å². The summed E-state index contributed by atoms with van der Waals surface area (Å²) in [6.07, 6.45) is 0.707. The molecular weight excluding hydrogens is 292 g/mol. The van der Waals surface area contributed by atoms with Crippen LogP contribution in [0.15, 0.2) is 23.1 Å². The number of nitrogens with zero attached hydrogens (tertiary/aromatic N) is 1. The average molecular weight is 316 g/mol. The molecule has 21 heavy (non-hydrogen) atoms. The van der Waals surface area contributed by atoms with Gasteiger partial charge < -0.3 is 15.2 Å². The number of methoxy groups -OCH3 is 2. The first-order valence-electron chi connectivity index (χ1n) is 6.82. The number of hydrogen-bond donors (Lipinski definition) is 1. The second kappa shape index (κ2) is 7.63. The van der Waals surface area contributed by atoms with Crippen molar-refractivity contribution >= 4 is 15.7 Å². The maximum Gasteiger partial charge on any atom is 0.245 e. The van der Waals surface area contributed by atoms with Gasteiger partial charge in [-0.15, -0.1) is 0 Å².